The van der Waals surface area contributed by atoms with E-state index in [9.17, 15) is 13.2 Å². The molecule has 0 unspecified atom stereocenters. The summed E-state index contributed by atoms with van der Waals surface area (Å²) in [5.74, 6) is 1.06. The largest absolute Gasteiger partial charge is 0.360 e. The molecule has 1 aromatic carbocycles. The SMILES string of the molecule is CNS(C)(=O)=O.CSc1c(C(=O)c2cnoc2C2CC2)ccc(Cl)c1C. The van der Waals surface area contributed by atoms with Crippen molar-refractivity contribution in [2.45, 2.75) is 30.6 Å². The molecule has 1 fully saturated rings. The summed E-state index contributed by atoms with van der Waals surface area (Å²) in [5.41, 5.74) is 2.20. The van der Waals surface area contributed by atoms with Crippen molar-refractivity contribution in [2.75, 3.05) is 19.6 Å². The van der Waals surface area contributed by atoms with Crippen molar-refractivity contribution in [3.05, 3.63) is 45.8 Å². The van der Waals surface area contributed by atoms with E-state index in [1.807, 2.05) is 13.2 Å². The maximum Gasteiger partial charge on any atom is 0.208 e. The second-order valence-electron chi connectivity index (χ2n) is 5.94. The number of thioether (sulfide) groups is 1. The fourth-order valence-corrected chi connectivity index (χ4v) is 3.32. The molecule has 1 aromatic heterocycles. The third-order valence-electron chi connectivity index (χ3n) is 3.95. The van der Waals surface area contributed by atoms with Gasteiger partial charge in [-0.05, 0) is 50.8 Å². The van der Waals surface area contributed by atoms with E-state index < -0.39 is 10.0 Å². The van der Waals surface area contributed by atoms with Crippen LogP contribution in [0.4, 0.5) is 0 Å². The molecule has 2 aromatic rings. The molecule has 9 heteroatoms. The van der Waals surface area contributed by atoms with E-state index in [0.29, 0.717) is 22.1 Å². The molecule has 0 saturated heterocycles. The predicted octanol–water partition coefficient (Wildman–Crippen LogP) is 3.63. The Bertz CT molecular complexity index is 905. The minimum atomic E-state index is -2.91. The highest BCUT2D eigenvalue weighted by Crippen LogP contribution is 2.42. The molecule has 26 heavy (non-hydrogen) atoms. The number of nitrogens with one attached hydrogen (secondary N) is 1. The van der Waals surface area contributed by atoms with Crippen LogP contribution in [0.3, 0.4) is 0 Å². The third kappa shape index (κ3) is 5.09. The molecule has 0 radical (unpaired) electrons. The first kappa shape index (κ1) is 21.0. The fraction of sp³-hybridized carbons (Fsp3) is 0.412. The van der Waals surface area contributed by atoms with Gasteiger partial charge in [0.25, 0.3) is 0 Å². The van der Waals surface area contributed by atoms with Crippen LogP contribution >= 0.6 is 23.4 Å². The molecule has 1 aliphatic carbocycles. The van der Waals surface area contributed by atoms with E-state index in [2.05, 4.69) is 9.88 Å². The Morgan fingerprint density at radius 2 is 1.96 bits per heavy atom. The highest BCUT2D eigenvalue weighted by Gasteiger charge is 2.33. The average molecular weight is 417 g/mol. The second kappa shape index (κ2) is 8.56. The van der Waals surface area contributed by atoms with Crippen molar-refractivity contribution in [1.29, 1.82) is 0 Å². The second-order valence-corrected chi connectivity index (χ2v) is 9.11. The lowest BCUT2D eigenvalue weighted by molar-refractivity contribution is 0.103. The molecule has 1 saturated carbocycles. The number of halogens is 1. The van der Waals surface area contributed by atoms with Crippen LogP contribution in [0.2, 0.25) is 5.02 Å². The smallest absolute Gasteiger partial charge is 0.208 e. The number of carbonyl (C=O) groups excluding carboxylic acids is 1. The van der Waals surface area contributed by atoms with Crippen LogP contribution in [0, 0.1) is 6.92 Å². The summed E-state index contributed by atoms with van der Waals surface area (Å²) in [4.78, 5) is 13.7. The lowest BCUT2D eigenvalue weighted by atomic mass is 10.0. The number of benzene rings is 1. The van der Waals surface area contributed by atoms with Crippen LogP contribution in [0.5, 0.6) is 0 Å². The van der Waals surface area contributed by atoms with Gasteiger partial charge in [-0.25, -0.2) is 13.1 Å². The molecule has 1 heterocycles. The first-order valence-corrected chi connectivity index (χ1v) is 11.4. The molecule has 0 aliphatic heterocycles. The number of carbonyl (C=O) groups is 1. The van der Waals surface area contributed by atoms with Gasteiger partial charge in [-0.1, -0.05) is 16.8 Å². The van der Waals surface area contributed by atoms with Crippen molar-refractivity contribution >= 4 is 39.2 Å². The average Bonchev–Trinajstić information content (AvgIpc) is 3.33. The number of hydrogen-bond donors (Lipinski definition) is 1. The summed E-state index contributed by atoms with van der Waals surface area (Å²) < 4.78 is 27.1. The van der Waals surface area contributed by atoms with Gasteiger partial charge in [-0.3, -0.25) is 4.79 Å². The highest BCUT2D eigenvalue weighted by atomic mass is 35.5. The van der Waals surface area contributed by atoms with Gasteiger partial charge >= 0.3 is 0 Å². The molecule has 0 spiro atoms. The van der Waals surface area contributed by atoms with Crippen LogP contribution in [0.25, 0.3) is 0 Å². The van der Waals surface area contributed by atoms with Crippen molar-refractivity contribution in [2.24, 2.45) is 0 Å². The van der Waals surface area contributed by atoms with Crippen LogP contribution in [-0.4, -0.2) is 38.9 Å². The molecule has 0 bridgehead atoms. The highest BCUT2D eigenvalue weighted by molar-refractivity contribution is 7.98. The zero-order chi connectivity index (χ0) is 19.5. The number of aromatic nitrogens is 1. The van der Waals surface area contributed by atoms with Crippen molar-refractivity contribution in [1.82, 2.24) is 9.88 Å². The topological polar surface area (TPSA) is 89.3 Å². The Morgan fingerprint density at radius 3 is 2.46 bits per heavy atom. The van der Waals surface area contributed by atoms with Gasteiger partial charge in [0.05, 0.1) is 18.0 Å². The Hall–Kier alpha value is -1.35. The van der Waals surface area contributed by atoms with Crippen LogP contribution in [0.15, 0.2) is 27.7 Å². The van der Waals surface area contributed by atoms with Gasteiger partial charge < -0.3 is 4.52 Å². The summed E-state index contributed by atoms with van der Waals surface area (Å²) in [5, 5.41) is 4.48. The molecule has 142 valence electrons. The van der Waals surface area contributed by atoms with E-state index in [-0.39, 0.29) is 5.78 Å². The Kier molecular flexibility index (Phi) is 6.90. The van der Waals surface area contributed by atoms with Crippen molar-refractivity contribution in [3.8, 4) is 0 Å². The van der Waals surface area contributed by atoms with Gasteiger partial charge in [-0.2, -0.15) is 0 Å². The first-order valence-electron chi connectivity index (χ1n) is 7.90. The van der Waals surface area contributed by atoms with Crippen molar-refractivity contribution < 1.29 is 17.7 Å². The van der Waals surface area contributed by atoms with Crippen molar-refractivity contribution in [3.63, 3.8) is 0 Å². The number of ketones is 1. The minimum absolute atomic E-state index is 0.0303. The minimum Gasteiger partial charge on any atom is -0.360 e. The number of hydrogen-bond acceptors (Lipinski definition) is 6. The molecule has 3 rings (SSSR count). The monoisotopic (exact) mass is 416 g/mol. The summed E-state index contributed by atoms with van der Waals surface area (Å²) in [6, 6.07) is 3.56. The molecule has 1 aliphatic rings. The van der Waals surface area contributed by atoms with E-state index in [1.165, 1.54) is 25.0 Å². The Labute approximate surface area is 162 Å². The van der Waals surface area contributed by atoms with E-state index in [1.54, 1.807) is 12.1 Å². The van der Waals surface area contributed by atoms with Crippen LogP contribution < -0.4 is 4.72 Å². The maximum atomic E-state index is 12.7. The lowest BCUT2D eigenvalue weighted by Crippen LogP contribution is -2.15. The lowest BCUT2D eigenvalue weighted by Gasteiger charge is -2.10. The summed E-state index contributed by atoms with van der Waals surface area (Å²) in [6.45, 7) is 1.93. The molecular weight excluding hydrogens is 396 g/mol. The molecular formula is C17H21ClN2O4S2. The summed E-state index contributed by atoms with van der Waals surface area (Å²) in [7, 11) is -1.54. The summed E-state index contributed by atoms with van der Waals surface area (Å²) >= 11 is 7.67. The van der Waals surface area contributed by atoms with Gasteiger partial charge in [0.1, 0.15) is 0 Å². The Morgan fingerprint density at radius 1 is 1.35 bits per heavy atom. The Balaban J connectivity index is 0.000000352. The normalized spacial score (nSPS) is 13.9. The molecule has 0 amide bonds. The number of rotatable bonds is 5. The van der Waals surface area contributed by atoms with Gasteiger partial charge in [0, 0.05) is 21.4 Å². The fourth-order valence-electron chi connectivity index (χ4n) is 2.31. The van der Waals surface area contributed by atoms with Crippen LogP contribution in [0.1, 0.15) is 46.0 Å². The maximum absolute atomic E-state index is 12.7. The first-order chi connectivity index (χ1) is 12.2. The van der Waals surface area contributed by atoms with E-state index >= 15 is 0 Å². The number of sulfonamides is 1. The molecule has 6 nitrogen and oxygen atoms in total. The quantitative estimate of drug-likeness (QED) is 0.591. The van der Waals surface area contributed by atoms with Gasteiger partial charge in [0.2, 0.25) is 10.0 Å². The summed E-state index contributed by atoms with van der Waals surface area (Å²) in [6.07, 6.45) is 6.73. The van der Waals surface area contributed by atoms with Gasteiger partial charge in [-0.15, -0.1) is 11.8 Å². The molecule has 1 N–H and O–H groups in total. The standard InChI is InChI=1S/C15H14ClNO2S.C2H7NO2S/c1-8-12(16)6-5-10(15(8)20-2)13(18)11-7-17-19-14(11)9-3-4-9;1-3-6(2,4)5/h5-7,9H,3-4H2,1-2H3;3H,1-2H3. The van der Waals surface area contributed by atoms with E-state index in [0.717, 1.165) is 35.3 Å². The molecule has 0 atom stereocenters. The third-order valence-corrected chi connectivity index (χ3v) is 6.04. The zero-order valence-corrected chi connectivity index (χ0v) is 17.4. The van der Waals surface area contributed by atoms with Gasteiger partial charge in [0.15, 0.2) is 11.5 Å². The number of nitrogens with zero attached hydrogens (tertiary/aromatic N) is 1. The zero-order valence-electron chi connectivity index (χ0n) is 15.0. The van der Waals surface area contributed by atoms with Crippen LogP contribution in [-0.2, 0) is 10.0 Å². The predicted molar refractivity (Wildman–Crippen MR) is 104 cm³/mol. The van der Waals surface area contributed by atoms with E-state index in [4.69, 9.17) is 16.1 Å².